The summed E-state index contributed by atoms with van der Waals surface area (Å²) in [5, 5.41) is 9.52. The van der Waals surface area contributed by atoms with Gasteiger partial charge in [-0.1, -0.05) is 12.1 Å². The molecule has 0 unspecified atom stereocenters. The number of hydrogen-bond donors (Lipinski definition) is 1. The van der Waals surface area contributed by atoms with E-state index in [0.717, 1.165) is 12.1 Å². The lowest BCUT2D eigenvalue weighted by atomic mass is 10.1. The van der Waals surface area contributed by atoms with Crippen molar-refractivity contribution in [2.75, 3.05) is 20.8 Å². The van der Waals surface area contributed by atoms with Gasteiger partial charge in [-0.05, 0) is 29.8 Å². The molecule has 0 fully saturated rings. The van der Waals surface area contributed by atoms with Crippen molar-refractivity contribution in [3.05, 3.63) is 77.1 Å². The van der Waals surface area contributed by atoms with Crippen molar-refractivity contribution in [3.63, 3.8) is 0 Å². The number of carbonyl (C=O) groups is 1. The first-order valence-corrected chi connectivity index (χ1v) is 10.1. The number of benzene rings is 2. The van der Waals surface area contributed by atoms with Crippen molar-refractivity contribution in [1.29, 1.82) is 0 Å². The molecule has 2 aromatic carbocycles. The van der Waals surface area contributed by atoms with Crippen LogP contribution in [0.1, 0.15) is 21.7 Å². The van der Waals surface area contributed by atoms with Crippen molar-refractivity contribution in [3.8, 4) is 17.1 Å². The second-order valence-corrected chi connectivity index (χ2v) is 7.38. The molecular weight excluding hydrogens is 432 g/mol. The standard InChI is InChI=1S/C24H21F2N3O4/c1-32-8-7-29-21-10-16(24(31)33-2)5-6-19(21)27-22(29)11-14-3-4-15(9-18(14)26)20-12-17(25)13-23(30)28-20/h3-6,9-10,12-13H,7-8,11H2,1-2H3,(H,28,30). The fourth-order valence-corrected chi connectivity index (χ4v) is 3.64. The Morgan fingerprint density at radius 2 is 1.88 bits per heavy atom. The Morgan fingerprint density at radius 1 is 1.06 bits per heavy atom. The van der Waals surface area contributed by atoms with Gasteiger partial charge in [-0.3, -0.25) is 0 Å². The summed E-state index contributed by atoms with van der Waals surface area (Å²) in [6.45, 7) is 0.857. The van der Waals surface area contributed by atoms with E-state index in [1.165, 1.54) is 13.2 Å². The second-order valence-electron chi connectivity index (χ2n) is 7.38. The molecule has 33 heavy (non-hydrogen) atoms. The first-order valence-electron chi connectivity index (χ1n) is 10.1. The molecule has 0 spiro atoms. The number of ether oxygens (including phenoxy) is 2. The lowest BCUT2D eigenvalue weighted by Crippen LogP contribution is -2.10. The Labute approximate surface area is 188 Å². The number of esters is 1. The van der Waals surface area contributed by atoms with Crippen molar-refractivity contribution < 1.29 is 28.2 Å². The Bertz CT molecular complexity index is 1320. The van der Waals surface area contributed by atoms with Crippen molar-refractivity contribution in [2.24, 2.45) is 0 Å². The average molecular weight is 453 g/mol. The largest absolute Gasteiger partial charge is 0.493 e. The molecule has 9 heteroatoms. The molecule has 0 saturated carbocycles. The van der Waals surface area contributed by atoms with E-state index < -0.39 is 23.5 Å². The van der Waals surface area contributed by atoms with Gasteiger partial charge >= 0.3 is 5.97 Å². The van der Waals surface area contributed by atoms with Gasteiger partial charge in [-0.25, -0.2) is 23.5 Å². The molecule has 7 nitrogen and oxygen atoms in total. The number of halogens is 2. The summed E-state index contributed by atoms with van der Waals surface area (Å²) < 4.78 is 40.4. The fourth-order valence-electron chi connectivity index (χ4n) is 3.64. The number of rotatable bonds is 7. The van der Waals surface area contributed by atoms with E-state index in [4.69, 9.17) is 9.47 Å². The maximum atomic E-state index is 15.0. The Morgan fingerprint density at radius 3 is 2.58 bits per heavy atom. The predicted octanol–water partition coefficient (Wildman–Crippen LogP) is 4.11. The van der Waals surface area contributed by atoms with Crippen LogP contribution >= 0.6 is 0 Å². The monoisotopic (exact) mass is 453 g/mol. The molecule has 2 aromatic heterocycles. The van der Waals surface area contributed by atoms with Gasteiger partial charge in [0, 0.05) is 37.8 Å². The third-order valence-electron chi connectivity index (χ3n) is 5.24. The molecule has 0 radical (unpaired) electrons. The summed E-state index contributed by atoms with van der Waals surface area (Å²) in [7, 11) is 2.89. The molecule has 0 aliphatic carbocycles. The molecule has 0 aliphatic rings. The summed E-state index contributed by atoms with van der Waals surface area (Å²) >= 11 is 0. The predicted molar refractivity (Wildman–Crippen MR) is 117 cm³/mol. The minimum atomic E-state index is -0.667. The summed E-state index contributed by atoms with van der Waals surface area (Å²) in [6.07, 6.45) is 0.180. The van der Waals surface area contributed by atoms with Crippen LogP contribution in [0.25, 0.3) is 22.3 Å². The number of pyridine rings is 1. The maximum absolute atomic E-state index is 15.0. The summed E-state index contributed by atoms with van der Waals surface area (Å²) in [5.41, 5.74) is 2.59. The van der Waals surface area contributed by atoms with Crippen molar-refractivity contribution >= 4 is 17.0 Å². The van der Waals surface area contributed by atoms with Gasteiger partial charge < -0.3 is 19.1 Å². The highest BCUT2D eigenvalue weighted by Crippen LogP contribution is 2.26. The lowest BCUT2D eigenvalue weighted by molar-refractivity contribution is 0.0601. The van der Waals surface area contributed by atoms with E-state index in [1.807, 2.05) is 4.57 Å². The zero-order chi connectivity index (χ0) is 23.5. The minimum Gasteiger partial charge on any atom is -0.493 e. The number of carbonyl (C=O) groups excluding carboxylic acids is 1. The fraction of sp³-hybridized carbons (Fsp3) is 0.208. The number of imidazole rings is 1. The van der Waals surface area contributed by atoms with Crippen LogP contribution in [-0.2, 0) is 22.4 Å². The van der Waals surface area contributed by atoms with Crippen LogP contribution in [0.4, 0.5) is 8.78 Å². The Balaban J connectivity index is 1.71. The highest BCUT2D eigenvalue weighted by Gasteiger charge is 2.16. The van der Waals surface area contributed by atoms with Crippen LogP contribution in [-0.4, -0.2) is 46.4 Å². The molecule has 0 amide bonds. The molecule has 170 valence electrons. The number of methoxy groups -OCH3 is 2. The quantitative estimate of drug-likeness (QED) is 0.424. The first-order chi connectivity index (χ1) is 15.9. The smallest absolute Gasteiger partial charge is 0.337 e. The van der Waals surface area contributed by atoms with Gasteiger partial charge in [-0.15, -0.1) is 0 Å². The first kappa shape index (κ1) is 22.3. The van der Waals surface area contributed by atoms with Gasteiger partial charge in [0.25, 0.3) is 0 Å². The van der Waals surface area contributed by atoms with E-state index in [1.54, 1.807) is 37.4 Å². The van der Waals surface area contributed by atoms with Crippen LogP contribution in [0.3, 0.4) is 0 Å². The topological polar surface area (TPSA) is 86.5 Å². The lowest BCUT2D eigenvalue weighted by Gasteiger charge is -2.11. The van der Waals surface area contributed by atoms with Gasteiger partial charge in [0.1, 0.15) is 17.5 Å². The van der Waals surface area contributed by atoms with Crippen LogP contribution in [0.15, 0.2) is 48.5 Å². The zero-order valence-electron chi connectivity index (χ0n) is 18.0. The van der Waals surface area contributed by atoms with Crippen molar-refractivity contribution in [2.45, 2.75) is 13.0 Å². The SMILES string of the molecule is COCCn1c(Cc2ccc(-c3cc(F)cc(O)n3)cc2F)nc2ccc(C(=O)OC)cc21. The Hall–Kier alpha value is -3.85. The minimum absolute atomic E-state index is 0.126. The van der Waals surface area contributed by atoms with Gasteiger partial charge in [0.15, 0.2) is 0 Å². The average Bonchev–Trinajstić information content (AvgIpc) is 3.13. The van der Waals surface area contributed by atoms with Crippen LogP contribution in [0, 0.1) is 11.6 Å². The van der Waals surface area contributed by atoms with Crippen LogP contribution < -0.4 is 0 Å². The van der Waals surface area contributed by atoms with Crippen molar-refractivity contribution in [1.82, 2.24) is 14.5 Å². The third kappa shape index (κ3) is 4.68. The molecule has 4 aromatic rings. The Kier molecular flexibility index (Phi) is 6.32. The summed E-state index contributed by atoms with van der Waals surface area (Å²) in [6, 6.07) is 11.5. The number of nitrogens with zero attached hydrogens (tertiary/aromatic N) is 3. The van der Waals surface area contributed by atoms with E-state index >= 15 is 0 Å². The summed E-state index contributed by atoms with van der Waals surface area (Å²) in [5.74, 6) is -1.53. The molecule has 0 saturated heterocycles. The molecule has 4 rings (SSSR count). The molecular formula is C24H21F2N3O4. The van der Waals surface area contributed by atoms with Gasteiger partial charge in [0.2, 0.25) is 5.88 Å². The van der Waals surface area contributed by atoms with Gasteiger partial charge in [0.05, 0.1) is 36.0 Å². The number of aromatic nitrogens is 3. The molecule has 1 N–H and O–H groups in total. The molecule has 0 bridgehead atoms. The van der Waals surface area contributed by atoms with Crippen LogP contribution in [0.5, 0.6) is 5.88 Å². The molecule has 2 heterocycles. The number of fused-ring (bicyclic) bond motifs is 1. The van der Waals surface area contributed by atoms with Gasteiger partial charge in [-0.2, -0.15) is 0 Å². The van der Waals surface area contributed by atoms with E-state index in [-0.39, 0.29) is 12.1 Å². The summed E-state index contributed by atoms with van der Waals surface area (Å²) in [4.78, 5) is 20.4. The van der Waals surface area contributed by atoms with Crippen LogP contribution in [0.2, 0.25) is 0 Å². The van der Waals surface area contributed by atoms with E-state index in [9.17, 15) is 18.7 Å². The zero-order valence-corrected chi connectivity index (χ0v) is 18.0. The number of aromatic hydroxyl groups is 1. The molecule has 0 atom stereocenters. The highest BCUT2D eigenvalue weighted by molar-refractivity contribution is 5.93. The van der Waals surface area contributed by atoms with E-state index in [0.29, 0.717) is 46.7 Å². The third-order valence-corrected chi connectivity index (χ3v) is 5.24. The molecule has 0 aliphatic heterocycles. The second kappa shape index (κ2) is 9.33. The van der Waals surface area contributed by atoms with E-state index in [2.05, 4.69) is 9.97 Å². The maximum Gasteiger partial charge on any atom is 0.337 e. The normalized spacial score (nSPS) is 11.2. The number of hydrogen-bond acceptors (Lipinski definition) is 6. The highest BCUT2D eigenvalue weighted by atomic mass is 19.1.